The summed E-state index contributed by atoms with van der Waals surface area (Å²) in [7, 11) is -3.17. The number of ether oxygens (including phenoxy) is 1. The van der Waals surface area contributed by atoms with E-state index in [2.05, 4.69) is 10.3 Å². The van der Waals surface area contributed by atoms with Crippen molar-refractivity contribution in [3.8, 4) is 6.07 Å². The highest BCUT2D eigenvalue weighted by Crippen LogP contribution is 2.37. The number of anilines is 1. The Hall–Kier alpha value is -1.69. The number of hydrogen-bond acceptors (Lipinski definition) is 6. The lowest BCUT2D eigenvalue weighted by Gasteiger charge is -2.23. The van der Waals surface area contributed by atoms with E-state index in [0.717, 1.165) is 12.8 Å². The van der Waals surface area contributed by atoms with Gasteiger partial charge in [-0.3, -0.25) is 0 Å². The Labute approximate surface area is 142 Å². The van der Waals surface area contributed by atoms with Crippen molar-refractivity contribution in [3.05, 3.63) is 23.9 Å². The van der Waals surface area contributed by atoms with E-state index in [1.165, 1.54) is 0 Å². The Balaban J connectivity index is 1.62. The molecule has 1 aromatic heterocycles. The molecule has 0 amide bonds. The topological polar surface area (TPSA) is 95.3 Å². The molecular weight excluding hydrogens is 328 g/mol. The van der Waals surface area contributed by atoms with Gasteiger partial charge in [-0.1, -0.05) is 13.0 Å². The summed E-state index contributed by atoms with van der Waals surface area (Å²) in [6, 6.07) is 7.35. The normalized spacial score (nSPS) is 27.4. The van der Waals surface area contributed by atoms with Crippen LogP contribution in [0.5, 0.6) is 0 Å². The molecule has 2 unspecified atom stereocenters. The molecule has 1 spiro atoms. The third-order valence-corrected chi connectivity index (χ3v) is 6.58. The summed E-state index contributed by atoms with van der Waals surface area (Å²) >= 11 is 0. The van der Waals surface area contributed by atoms with Gasteiger partial charge in [0, 0.05) is 19.5 Å². The second-order valence-electron chi connectivity index (χ2n) is 6.46. The summed E-state index contributed by atoms with van der Waals surface area (Å²) in [5, 5.41) is 12.2. The molecule has 1 aromatic rings. The molecule has 7 nitrogen and oxygen atoms in total. The number of nitrogens with one attached hydrogen (secondary N) is 1. The molecule has 2 aliphatic heterocycles. The largest absolute Gasteiger partial charge is 0.371 e. The molecule has 2 fully saturated rings. The second kappa shape index (κ2) is 6.67. The quantitative estimate of drug-likeness (QED) is 0.861. The molecule has 130 valence electrons. The first-order valence-corrected chi connectivity index (χ1v) is 9.83. The maximum Gasteiger partial charge on any atom is 0.214 e. The van der Waals surface area contributed by atoms with E-state index in [-0.39, 0.29) is 11.8 Å². The average Bonchev–Trinajstić information content (AvgIpc) is 3.15. The van der Waals surface area contributed by atoms with E-state index in [9.17, 15) is 8.42 Å². The van der Waals surface area contributed by atoms with Crippen LogP contribution < -0.4 is 5.32 Å². The van der Waals surface area contributed by atoms with Gasteiger partial charge in [0.15, 0.2) is 0 Å². The predicted octanol–water partition coefficient (Wildman–Crippen LogP) is 1.34. The molecule has 3 rings (SSSR count). The molecular formula is C16H22N4O3S. The van der Waals surface area contributed by atoms with Crippen LogP contribution in [0.3, 0.4) is 0 Å². The standard InChI is InChI=1S/C16H22N4O3S/c1-2-8-24(21,22)20-7-6-16(12-20)9-14(11-23-16)19-15-5-3-4-13(10-17)18-15/h3-5,14H,2,6-9,11-12H2,1H3,(H,18,19). The van der Waals surface area contributed by atoms with Crippen LogP contribution in [0.4, 0.5) is 5.82 Å². The second-order valence-corrected chi connectivity index (χ2v) is 8.55. The Morgan fingerprint density at radius 1 is 1.54 bits per heavy atom. The first-order chi connectivity index (χ1) is 11.5. The van der Waals surface area contributed by atoms with E-state index >= 15 is 0 Å². The van der Waals surface area contributed by atoms with Crippen molar-refractivity contribution in [3.63, 3.8) is 0 Å². The first kappa shape index (κ1) is 17.1. The third kappa shape index (κ3) is 3.53. The van der Waals surface area contributed by atoms with Gasteiger partial charge in [-0.15, -0.1) is 0 Å². The zero-order valence-corrected chi connectivity index (χ0v) is 14.6. The van der Waals surface area contributed by atoms with Gasteiger partial charge in [0.2, 0.25) is 10.0 Å². The Bertz CT molecular complexity index is 746. The fourth-order valence-electron chi connectivity index (χ4n) is 3.44. The summed E-state index contributed by atoms with van der Waals surface area (Å²) in [5.41, 5.74) is -0.0305. The molecule has 2 saturated heterocycles. The van der Waals surface area contributed by atoms with Crippen LogP contribution in [0.2, 0.25) is 0 Å². The number of aromatic nitrogens is 1. The highest BCUT2D eigenvalue weighted by atomic mass is 32.2. The van der Waals surface area contributed by atoms with Crippen molar-refractivity contribution in [1.82, 2.24) is 9.29 Å². The van der Waals surface area contributed by atoms with Gasteiger partial charge in [0.05, 0.1) is 24.0 Å². The van der Waals surface area contributed by atoms with Crippen LogP contribution in [0.1, 0.15) is 31.9 Å². The summed E-state index contributed by atoms with van der Waals surface area (Å²) in [4.78, 5) is 4.21. The molecule has 0 aliphatic carbocycles. The van der Waals surface area contributed by atoms with Crippen molar-refractivity contribution in [2.24, 2.45) is 0 Å². The molecule has 0 bridgehead atoms. The molecule has 0 aromatic carbocycles. The van der Waals surface area contributed by atoms with Gasteiger partial charge >= 0.3 is 0 Å². The molecule has 0 radical (unpaired) electrons. The van der Waals surface area contributed by atoms with Crippen LogP contribution in [0.25, 0.3) is 0 Å². The van der Waals surface area contributed by atoms with Gasteiger partial charge in [-0.05, 0) is 25.0 Å². The maximum absolute atomic E-state index is 12.2. The highest BCUT2D eigenvalue weighted by molar-refractivity contribution is 7.89. The summed E-state index contributed by atoms with van der Waals surface area (Å²) in [6.45, 7) is 3.34. The van der Waals surface area contributed by atoms with E-state index in [1.807, 2.05) is 19.1 Å². The number of sulfonamides is 1. The van der Waals surface area contributed by atoms with Gasteiger partial charge in [-0.25, -0.2) is 13.4 Å². The fourth-order valence-corrected chi connectivity index (χ4v) is 5.02. The highest BCUT2D eigenvalue weighted by Gasteiger charge is 2.48. The van der Waals surface area contributed by atoms with Crippen molar-refractivity contribution < 1.29 is 13.2 Å². The summed E-state index contributed by atoms with van der Waals surface area (Å²) in [6.07, 6.45) is 2.08. The number of rotatable bonds is 5. The monoisotopic (exact) mass is 350 g/mol. The molecule has 2 atom stereocenters. The Morgan fingerprint density at radius 2 is 2.38 bits per heavy atom. The van der Waals surface area contributed by atoms with E-state index in [0.29, 0.717) is 37.6 Å². The molecule has 8 heteroatoms. The first-order valence-electron chi connectivity index (χ1n) is 8.22. The summed E-state index contributed by atoms with van der Waals surface area (Å²) < 4.78 is 32.0. The molecule has 1 N–H and O–H groups in total. The van der Waals surface area contributed by atoms with E-state index in [4.69, 9.17) is 10.00 Å². The molecule has 0 saturated carbocycles. The number of hydrogen-bond donors (Lipinski definition) is 1. The zero-order chi connectivity index (χ0) is 17.2. The van der Waals surface area contributed by atoms with Crippen LogP contribution in [-0.4, -0.2) is 54.8 Å². The van der Waals surface area contributed by atoms with Crippen molar-refractivity contribution in [1.29, 1.82) is 5.26 Å². The zero-order valence-electron chi connectivity index (χ0n) is 13.7. The summed E-state index contributed by atoms with van der Waals surface area (Å²) in [5.74, 6) is 0.837. The molecule has 3 heterocycles. The Kier molecular flexibility index (Phi) is 4.76. The maximum atomic E-state index is 12.2. The minimum atomic E-state index is -3.17. The lowest BCUT2D eigenvalue weighted by molar-refractivity contribution is 0.0173. The van der Waals surface area contributed by atoms with E-state index < -0.39 is 15.6 Å². The van der Waals surface area contributed by atoms with Crippen molar-refractivity contribution in [2.45, 2.75) is 37.8 Å². The average molecular weight is 350 g/mol. The van der Waals surface area contributed by atoms with Gasteiger partial charge in [-0.2, -0.15) is 9.57 Å². The minimum Gasteiger partial charge on any atom is -0.371 e. The number of nitriles is 1. The SMILES string of the molecule is CCCS(=O)(=O)N1CCC2(CC(Nc3cccc(C#N)n3)CO2)C1. The van der Waals surface area contributed by atoms with Gasteiger partial charge in [0.25, 0.3) is 0 Å². The smallest absolute Gasteiger partial charge is 0.214 e. The molecule has 24 heavy (non-hydrogen) atoms. The van der Waals surface area contributed by atoms with Crippen LogP contribution >= 0.6 is 0 Å². The fraction of sp³-hybridized carbons (Fsp3) is 0.625. The minimum absolute atomic E-state index is 0.0697. The number of nitrogens with zero attached hydrogens (tertiary/aromatic N) is 3. The number of pyridine rings is 1. The Morgan fingerprint density at radius 3 is 3.12 bits per heavy atom. The van der Waals surface area contributed by atoms with Gasteiger partial charge < -0.3 is 10.1 Å². The lowest BCUT2D eigenvalue weighted by atomic mass is 9.97. The van der Waals surface area contributed by atoms with Crippen molar-refractivity contribution in [2.75, 3.05) is 30.8 Å². The molecule has 2 aliphatic rings. The van der Waals surface area contributed by atoms with Crippen LogP contribution in [-0.2, 0) is 14.8 Å². The van der Waals surface area contributed by atoms with E-state index in [1.54, 1.807) is 16.4 Å². The van der Waals surface area contributed by atoms with Crippen LogP contribution in [0.15, 0.2) is 18.2 Å². The van der Waals surface area contributed by atoms with Crippen molar-refractivity contribution >= 4 is 15.8 Å². The lowest BCUT2D eigenvalue weighted by Crippen LogP contribution is -2.37. The predicted molar refractivity (Wildman–Crippen MR) is 89.9 cm³/mol. The van der Waals surface area contributed by atoms with Crippen LogP contribution in [0, 0.1) is 11.3 Å². The third-order valence-electron chi connectivity index (χ3n) is 4.56. The van der Waals surface area contributed by atoms with Gasteiger partial charge in [0.1, 0.15) is 17.6 Å².